The highest BCUT2D eigenvalue weighted by atomic mass is 32.2. The molecule has 1 N–H and O–H groups in total. The van der Waals surface area contributed by atoms with Gasteiger partial charge in [0, 0.05) is 25.1 Å². The van der Waals surface area contributed by atoms with Gasteiger partial charge in [0.25, 0.3) is 0 Å². The van der Waals surface area contributed by atoms with Gasteiger partial charge >= 0.3 is 0 Å². The summed E-state index contributed by atoms with van der Waals surface area (Å²) in [6.45, 7) is 3.11. The predicted octanol–water partition coefficient (Wildman–Crippen LogP) is 3.29. The van der Waals surface area contributed by atoms with E-state index in [1.807, 2.05) is 31.2 Å². The molecule has 156 valence electrons. The molecule has 1 atom stereocenters. The van der Waals surface area contributed by atoms with Crippen LogP contribution in [0.5, 0.6) is 5.75 Å². The summed E-state index contributed by atoms with van der Waals surface area (Å²) in [5.41, 5.74) is 1.87. The van der Waals surface area contributed by atoms with Gasteiger partial charge in [-0.15, -0.1) is 0 Å². The minimum absolute atomic E-state index is 0.0582. The molecule has 0 spiro atoms. The molecule has 0 aliphatic carbocycles. The first-order chi connectivity index (χ1) is 13.9. The smallest absolute Gasteiger partial charge is 0.243 e. The molecular formula is C22H28N2O4S. The normalized spacial score (nSPS) is 15.8. The number of nitrogens with zero attached hydrogens (tertiary/aromatic N) is 1. The molecule has 1 aliphatic rings. The minimum atomic E-state index is -3.40. The summed E-state index contributed by atoms with van der Waals surface area (Å²) in [7, 11) is -1.79. The number of benzene rings is 2. The van der Waals surface area contributed by atoms with E-state index >= 15 is 0 Å². The Morgan fingerprint density at radius 1 is 1.10 bits per heavy atom. The van der Waals surface area contributed by atoms with Gasteiger partial charge in [-0.3, -0.25) is 4.79 Å². The molecule has 1 fully saturated rings. The zero-order chi connectivity index (χ0) is 20.9. The van der Waals surface area contributed by atoms with Crippen molar-refractivity contribution in [3.63, 3.8) is 0 Å². The van der Waals surface area contributed by atoms with Gasteiger partial charge in [-0.05, 0) is 49.9 Å². The van der Waals surface area contributed by atoms with Gasteiger partial charge in [0.15, 0.2) is 0 Å². The lowest BCUT2D eigenvalue weighted by atomic mass is 10.1. The standard InChI is InChI=1S/C22H28N2O4S/c1-17(20-7-3-4-8-21(20)28-2)23-22(25)14-11-18-9-12-19(13-10-18)29(26,27)24-15-5-6-16-24/h3-4,7-10,12-13,17H,5-6,11,14-16H2,1-2H3,(H,23,25)/t17-/m0/s1. The maximum Gasteiger partial charge on any atom is 0.243 e. The zero-order valence-corrected chi connectivity index (χ0v) is 17.7. The third-order valence-corrected chi connectivity index (χ3v) is 7.16. The van der Waals surface area contributed by atoms with E-state index in [2.05, 4.69) is 5.32 Å². The van der Waals surface area contributed by atoms with E-state index in [1.165, 1.54) is 4.31 Å². The fourth-order valence-electron chi connectivity index (χ4n) is 3.58. The fourth-order valence-corrected chi connectivity index (χ4v) is 5.10. The molecule has 0 radical (unpaired) electrons. The number of hydrogen-bond donors (Lipinski definition) is 1. The Hall–Kier alpha value is -2.38. The van der Waals surface area contributed by atoms with Crippen molar-refractivity contribution in [2.75, 3.05) is 20.2 Å². The number of hydrogen-bond acceptors (Lipinski definition) is 4. The van der Waals surface area contributed by atoms with E-state index in [9.17, 15) is 13.2 Å². The number of carbonyl (C=O) groups is 1. The molecule has 29 heavy (non-hydrogen) atoms. The maximum atomic E-state index is 12.6. The third kappa shape index (κ3) is 5.16. The molecule has 2 aromatic rings. The number of ether oxygens (including phenoxy) is 1. The fraction of sp³-hybridized carbons (Fsp3) is 0.409. The second kappa shape index (κ2) is 9.41. The first-order valence-electron chi connectivity index (χ1n) is 9.93. The molecule has 1 saturated heterocycles. The number of methoxy groups -OCH3 is 1. The minimum Gasteiger partial charge on any atom is -0.496 e. The van der Waals surface area contributed by atoms with Crippen LogP contribution in [0.2, 0.25) is 0 Å². The number of nitrogens with one attached hydrogen (secondary N) is 1. The molecule has 1 heterocycles. The third-order valence-electron chi connectivity index (χ3n) is 5.25. The van der Waals surface area contributed by atoms with E-state index < -0.39 is 10.0 Å². The topological polar surface area (TPSA) is 75.7 Å². The van der Waals surface area contributed by atoms with Crippen LogP contribution >= 0.6 is 0 Å². The Morgan fingerprint density at radius 2 is 1.76 bits per heavy atom. The average molecular weight is 417 g/mol. The van der Waals surface area contributed by atoms with Gasteiger partial charge in [-0.1, -0.05) is 30.3 Å². The lowest BCUT2D eigenvalue weighted by Gasteiger charge is -2.17. The summed E-state index contributed by atoms with van der Waals surface area (Å²) in [4.78, 5) is 12.7. The summed E-state index contributed by atoms with van der Waals surface area (Å²) in [6.07, 6.45) is 2.71. The van der Waals surface area contributed by atoms with Crippen LogP contribution in [-0.2, 0) is 21.2 Å². The molecule has 0 saturated carbocycles. The van der Waals surface area contributed by atoms with Crippen LogP contribution in [0.1, 0.15) is 43.4 Å². The number of carbonyl (C=O) groups excluding carboxylic acids is 1. The van der Waals surface area contributed by atoms with E-state index in [0.29, 0.717) is 30.8 Å². The largest absolute Gasteiger partial charge is 0.496 e. The van der Waals surface area contributed by atoms with Crippen LogP contribution < -0.4 is 10.1 Å². The van der Waals surface area contributed by atoms with Crippen LogP contribution in [0.15, 0.2) is 53.4 Å². The monoisotopic (exact) mass is 416 g/mol. The van der Waals surface area contributed by atoms with Crippen LogP contribution in [0.4, 0.5) is 0 Å². The molecule has 3 rings (SSSR count). The zero-order valence-electron chi connectivity index (χ0n) is 16.9. The van der Waals surface area contributed by atoms with Crippen molar-refractivity contribution in [2.24, 2.45) is 0 Å². The van der Waals surface area contributed by atoms with E-state index in [0.717, 1.165) is 29.7 Å². The lowest BCUT2D eigenvalue weighted by Crippen LogP contribution is -2.28. The summed E-state index contributed by atoms with van der Waals surface area (Å²) >= 11 is 0. The van der Waals surface area contributed by atoms with Crippen molar-refractivity contribution >= 4 is 15.9 Å². The van der Waals surface area contributed by atoms with Crippen molar-refractivity contribution in [1.29, 1.82) is 0 Å². The van der Waals surface area contributed by atoms with Crippen molar-refractivity contribution in [2.45, 2.75) is 43.5 Å². The molecule has 7 heteroatoms. The van der Waals surface area contributed by atoms with Gasteiger partial charge in [0.05, 0.1) is 18.0 Å². The number of amides is 1. The number of sulfonamides is 1. The van der Waals surface area contributed by atoms with E-state index in [1.54, 1.807) is 31.4 Å². The van der Waals surface area contributed by atoms with Crippen LogP contribution in [0.3, 0.4) is 0 Å². The van der Waals surface area contributed by atoms with Crippen LogP contribution in [0, 0.1) is 0 Å². The Bertz CT molecular complexity index is 936. The van der Waals surface area contributed by atoms with Crippen LogP contribution in [-0.4, -0.2) is 38.8 Å². The van der Waals surface area contributed by atoms with Crippen molar-refractivity contribution in [3.8, 4) is 5.75 Å². The Morgan fingerprint density at radius 3 is 2.41 bits per heavy atom. The lowest BCUT2D eigenvalue weighted by molar-refractivity contribution is -0.121. The Labute approximate surface area is 172 Å². The highest BCUT2D eigenvalue weighted by Crippen LogP contribution is 2.24. The second-order valence-electron chi connectivity index (χ2n) is 7.29. The molecule has 1 aliphatic heterocycles. The van der Waals surface area contributed by atoms with Crippen molar-refractivity contribution < 1.29 is 17.9 Å². The highest BCUT2D eigenvalue weighted by Gasteiger charge is 2.26. The first kappa shape index (κ1) is 21.3. The van der Waals surface area contributed by atoms with E-state index in [4.69, 9.17) is 4.74 Å². The maximum absolute atomic E-state index is 12.6. The van der Waals surface area contributed by atoms with Crippen molar-refractivity contribution in [1.82, 2.24) is 9.62 Å². The molecule has 6 nitrogen and oxygen atoms in total. The summed E-state index contributed by atoms with van der Waals surface area (Å²) in [5.74, 6) is 0.687. The summed E-state index contributed by atoms with van der Waals surface area (Å²) in [6, 6.07) is 14.3. The van der Waals surface area contributed by atoms with Crippen molar-refractivity contribution in [3.05, 3.63) is 59.7 Å². The van der Waals surface area contributed by atoms with Crippen LogP contribution in [0.25, 0.3) is 0 Å². The molecule has 0 unspecified atom stereocenters. The Balaban J connectivity index is 1.55. The number of aryl methyl sites for hydroxylation is 1. The van der Waals surface area contributed by atoms with Gasteiger partial charge in [0.1, 0.15) is 5.75 Å². The average Bonchev–Trinajstić information content (AvgIpc) is 3.28. The quantitative estimate of drug-likeness (QED) is 0.717. The molecule has 2 aromatic carbocycles. The summed E-state index contributed by atoms with van der Waals surface area (Å²) in [5, 5.41) is 2.99. The Kier molecular flexibility index (Phi) is 6.92. The highest BCUT2D eigenvalue weighted by molar-refractivity contribution is 7.89. The van der Waals surface area contributed by atoms with Gasteiger partial charge < -0.3 is 10.1 Å². The molecule has 1 amide bonds. The predicted molar refractivity (Wildman–Crippen MR) is 112 cm³/mol. The van der Waals surface area contributed by atoms with Gasteiger partial charge in [-0.2, -0.15) is 4.31 Å². The van der Waals surface area contributed by atoms with E-state index in [-0.39, 0.29) is 11.9 Å². The number of para-hydroxylation sites is 1. The molecular weight excluding hydrogens is 388 g/mol. The first-order valence-corrected chi connectivity index (χ1v) is 11.4. The number of rotatable bonds is 8. The SMILES string of the molecule is COc1ccccc1[C@H](C)NC(=O)CCc1ccc(S(=O)(=O)N2CCCC2)cc1. The molecule has 0 aromatic heterocycles. The summed E-state index contributed by atoms with van der Waals surface area (Å²) < 4.78 is 32.0. The molecule has 0 bridgehead atoms. The second-order valence-corrected chi connectivity index (χ2v) is 9.22. The van der Waals surface area contributed by atoms with Gasteiger partial charge in [0.2, 0.25) is 15.9 Å². The van der Waals surface area contributed by atoms with Gasteiger partial charge in [-0.25, -0.2) is 8.42 Å².